The van der Waals surface area contributed by atoms with E-state index in [1.165, 1.54) is 4.88 Å². The number of ether oxygens (including phenoxy) is 1. The zero-order valence-corrected chi connectivity index (χ0v) is 12.6. The van der Waals surface area contributed by atoms with Crippen molar-refractivity contribution in [2.45, 2.75) is 59.2 Å². The first kappa shape index (κ1) is 14.6. The van der Waals surface area contributed by atoms with E-state index >= 15 is 0 Å². The number of thiazole rings is 1. The average Bonchev–Trinajstić information content (AvgIpc) is 2.62. The summed E-state index contributed by atoms with van der Waals surface area (Å²) in [4.78, 5) is 5.71. The van der Waals surface area contributed by atoms with E-state index in [4.69, 9.17) is 4.74 Å². The number of hydrogen-bond donors (Lipinski definition) is 1. The van der Waals surface area contributed by atoms with Crippen LogP contribution in [0.15, 0.2) is 6.20 Å². The van der Waals surface area contributed by atoms with Gasteiger partial charge in [0.1, 0.15) is 10.6 Å². The second kappa shape index (κ2) is 5.46. The largest absolute Gasteiger partial charge is 0.369 e. The molecule has 1 rings (SSSR count). The normalized spacial score (nSPS) is 13.1. The highest BCUT2D eigenvalue weighted by Gasteiger charge is 2.24. The Balaban J connectivity index is 2.65. The van der Waals surface area contributed by atoms with Crippen molar-refractivity contribution < 1.29 is 4.74 Å². The van der Waals surface area contributed by atoms with Gasteiger partial charge in [0.05, 0.1) is 0 Å². The van der Waals surface area contributed by atoms with Gasteiger partial charge in [-0.1, -0.05) is 0 Å². The van der Waals surface area contributed by atoms with Crippen molar-refractivity contribution in [1.29, 1.82) is 0 Å². The fourth-order valence-corrected chi connectivity index (χ4v) is 2.35. The average molecular weight is 256 g/mol. The summed E-state index contributed by atoms with van der Waals surface area (Å²) in [6.45, 7) is 14.2. The Morgan fingerprint density at radius 1 is 1.29 bits per heavy atom. The van der Waals surface area contributed by atoms with E-state index < -0.39 is 0 Å². The molecule has 3 nitrogen and oxygen atoms in total. The van der Waals surface area contributed by atoms with Crippen molar-refractivity contribution in [3.8, 4) is 0 Å². The van der Waals surface area contributed by atoms with E-state index in [0.717, 1.165) is 11.6 Å². The lowest BCUT2D eigenvalue weighted by atomic mass is 10.1. The molecule has 0 saturated carbocycles. The SMILES string of the molecule is CCOC(C)(C)c1ncc(CNC(C)(C)C)s1. The van der Waals surface area contributed by atoms with Crippen molar-refractivity contribution in [2.24, 2.45) is 0 Å². The molecule has 0 aliphatic carbocycles. The van der Waals surface area contributed by atoms with Gasteiger partial charge in [0.15, 0.2) is 0 Å². The number of hydrogen-bond acceptors (Lipinski definition) is 4. The first-order chi connectivity index (χ1) is 7.74. The summed E-state index contributed by atoms with van der Waals surface area (Å²) < 4.78 is 5.70. The second-order valence-corrected chi connectivity index (χ2v) is 6.79. The molecule has 0 spiro atoms. The number of aromatic nitrogens is 1. The van der Waals surface area contributed by atoms with Crippen LogP contribution in [0.25, 0.3) is 0 Å². The monoisotopic (exact) mass is 256 g/mol. The minimum absolute atomic E-state index is 0.138. The smallest absolute Gasteiger partial charge is 0.124 e. The molecule has 1 aromatic rings. The summed E-state index contributed by atoms with van der Waals surface area (Å²) in [7, 11) is 0. The van der Waals surface area contributed by atoms with Gasteiger partial charge in [-0.05, 0) is 41.5 Å². The van der Waals surface area contributed by atoms with Gasteiger partial charge < -0.3 is 10.1 Å². The minimum atomic E-state index is -0.278. The van der Waals surface area contributed by atoms with Crippen LogP contribution in [0.1, 0.15) is 51.4 Å². The predicted molar refractivity (Wildman–Crippen MR) is 73.4 cm³/mol. The van der Waals surface area contributed by atoms with Crippen molar-refractivity contribution in [2.75, 3.05) is 6.61 Å². The molecule has 0 unspecified atom stereocenters. The molecule has 1 aromatic heterocycles. The summed E-state index contributed by atoms with van der Waals surface area (Å²) in [5.41, 5.74) is -0.140. The van der Waals surface area contributed by atoms with Crippen LogP contribution >= 0.6 is 11.3 Å². The quantitative estimate of drug-likeness (QED) is 0.877. The lowest BCUT2D eigenvalue weighted by Crippen LogP contribution is -2.34. The molecule has 0 aliphatic rings. The highest BCUT2D eigenvalue weighted by atomic mass is 32.1. The van der Waals surface area contributed by atoms with Gasteiger partial charge in [-0.25, -0.2) is 4.98 Å². The molecule has 0 saturated heterocycles. The third-order valence-electron chi connectivity index (χ3n) is 2.37. The Labute approximate surface area is 109 Å². The van der Waals surface area contributed by atoms with E-state index in [2.05, 4.69) is 44.9 Å². The Morgan fingerprint density at radius 2 is 1.94 bits per heavy atom. The number of nitrogens with one attached hydrogen (secondary N) is 1. The Morgan fingerprint density at radius 3 is 2.47 bits per heavy atom. The van der Waals surface area contributed by atoms with Crippen molar-refractivity contribution in [3.63, 3.8) is 0 Å². The lowest BCUT2D eigenvalue weighted by molar-refractivity contribution is -0.0141. The Kier molecular flexibility index (Phi) is 4.69. The summed E-state index contributed by atoms with van der Waals surface area (Å²) in [6, 6.07) is 0. The fourth-order valence-electron chi connectivity index (χ4n) is 1.44. The molecule has 0 atom stereocenters. The van der Waals surface area contributed by atoms with Crippen molar-refractivity contribution in [3.05, 3.63) is 16.1 Å². The summed E-state index contributed by atoms with van der Waals surface area (Å²) in [6.07, 6.45) is 1.94. The van der Waals surface area contributed by atoms with E-state index in [-0.39, 0.29) is 11.1 Å². The highest BCUT2D eigenvalue weighted by molar-refractivity contribution is 7.11. The van der Waals surface area contributed by atoms with Gasteiger partial charge >= 0.3 is 0 Å². The van der Waals surface area contributed by atoms with E-state index in [1.807, 2.05) is 13.1 Å². The van der Waals surface area contributed by atoms with Gasteiger partial charge in [-0.2, -0.15) is 0 Å². The standard InChI is InChI=1S/C13H24N2OS/c1-7-16-13(5,6)11-14-8-10(17-11)9-15-12(2,3)4/h8,15H,7,9H2,1-6H3. The molecule has 1 N–H and O–H groups in total. The number of rotatable bonds is 5. The van der Waals surface area contributed by atoms with Gasteiger partial charge in [-0.15, -0.1) is 11.3 Å². The molecule has 0 bridgehead atoms. The molecule has 98 valence electrons. The second-order valence-electron chi connectivity index (χ2n) is 5.68. The van der Waals surface area contributed by atoms with Gasteiger partial charge in [0, 0.05) is 29.8 Å². The van der Waals surface area contributed by atoms with Crippen LogP contribution in [-0.2, 0) is 16.9 Å². The summed E-state index contributed by atoms with van der Waals surface area (Å²) >= 11 is 1.72. The molecule has 0 amide bonds. The van der Waals surface area contributed by atoms with E-state index in [1.54, 1.807) is 11.3 Å². The molecule has 1 heterocycles. The molecular weight excluding hydrogens is 232 g/mol. The number of nitrogens with zero attached hydrogens (tertiary/aromatic N) is 1. The lowest BCUT2D eigenvalue weighted by Gasteiger charge is -2.22. The Bertz CT molecular complexity index is 353. The van der Waals surface area contributed by atoms with Crippen LogP contribution in [0.2, 0.25) is 0 Å². The molecule has 17 heavy (non-hydrogen) atoms. The predicted octanol–water partition coefficient (Wildman–Crippen LogP) is 3.30. The van der Waals surface area contributed by atoms with Crippen LogP contribution in [0.5, 0.6) is 0 Å². The maximum absolute atomic E-state index is 5.70. The maximum Gasteiger partial charge on any atom is 0.124 e. The third-order valence-corrected chi connectivity index (χ3v) is 3.67. The van der Waals surface area contributed by atoms with Crippen LogP contribution < -0.4 is 5.32 Å². The van der Waals surface area contributed by atoms with Crippen molar-refractivity contribution >= 4 is 11.3 Å². The zero-order chi connectivity index (χ0) is 13.1. The van der Waals surface area contributed by atoms with Crippen LogP contribution in [0.3, 0.4) is 0 Å². The molecular formula is C13H24N2OS. The van der Waals surface area contributed by atoms with E-state index in [0.29, 0.717) is 6.61 Å². The Hall–Kier alpha value is -0.450. The van der Waals surface area contributed by atoms with Gasteiger partial charge in [0.2, 0.25) is 0 Å². The molecule has 0 aliphatic heterocycles. The first-order valence-corrected chi connectivity index (χ1v) is 6.90. The minimum Gasteiger partial charge on any atom is -0.369 e. The van der Waals surface area contributed by atoms with Crippen molar-refractivity contribution in [1.82, 2.24) is 10.3 Å². The molecule has 0 radical (unpaired) electrons. The summed E-state index contributed by atoms with van der Waals surface area (Å²) in [5.74, 6) is 0. The third kappa shape index (κ3) is 4.74. The molecule has 4 heteroatoms. The first-order valence-electron chi connectivity index (χ1n) is 6.09. The molecule has 0 fully saturated rings. The van der Waals surface area contributed by atoms with Crippen LogP contribution in [0, 0.1) is 0 Å². The maximum atomic E-state index is 5.70. The topological polar surface area (TPSA) is 34.1 Å². The highest BCUT2D eigenvalue weighted by Crippen LogP contribution is 2.28. The van der Waals surface area contributed by atoms with Crippen LogP contribution in [0.4, 0.5) is 0 Å². The van der Waals surface area contributed by atoms with Gasteiger partial charge in [0.25, 0.3) is 0 Å². The van der Waals surface area contributed by atoms with Gasteiger partial charge in [-0.3, -0.25) is 0 Å². The fraction of sp³-hybridized carbons (Fsp3) is 0.769. The zero-order valence-electron chi connectivity index (χ0n) is 11.8. The molecule has 0 aromatic carbocycles. The van der Waals surface area contributed by atoms with Crippen LogP contribution in [-0.4, -0.2) is 17.1 Å². The summed E-state index contributed by atoms with van der Waals surface area (Å²) in [5, 5.41) is 4.51. The van der Waals surface area contributed by atoms with E-state index in [9.17, 15) is 0 Å².